The molecule has 2 heterocycles. The van der Waals surface area contributed by atoms with Crippen LogP contribution in [0.5, 0.6) is 0 Å². The molecule has 0 aromatic heterocycles. The quantitative estimate of drug-likeness (QED) is 0.844. The molecule has 0 bridgehead atoms. The first-order valence-electron chi connectivity index (χ1n) is 8.40. The van der Waals surface area contributed by atoms with E-state index in [9.17, 15) is 0 Å². The van der Waals surface area contributed by atoms with E-state index in [2.05, 4.69) is 36.1 Å². The molecule has 1 spiro atoms. The zero-order chi connectivity index (χ0) is 14.9. The lowest BCUT2D eigenvalue weighted by atomic mass is 9.78. The van der Waals surface area contributed by atoms with Crippen LogP contribution in [0.15, 0.2) is 4.99 Å². The van der Waals surface area contributed by atoms with Crippen molar-refractivity contribution < 1.29 is 0 Å². The Hall–Kier alpha value is -0.260. The van der Waals surface area contributed by atoms with Crippen molar-refractivity contribution in [3.8, 4) is 0 Å². The van der Waals surface area contributed by atoms with Gasteiger partial charge in [0, 0.05) is 37.0 Å². The van der Waals surface area contributed by atoms with Crippen LogP contribution in [0.3, 0.4) is 0 Å². The average Bonchev–Trinajstić information content (AvgIpc) is 2.82. The van der Waals surface area contributed by atoms with Crippen molar-refractivity contribution in [2.45, 2.75) is 44.2 Å². The first kappa shape index (κ1) is 15.6. The molecule has 0 aromatic carbocycles. The SMILES string of the molecule is CC1CCCC2(CSC(=NCC3CN(C)CCN3C)N2)C1. The highest BCUT2D eigenvalue weighted by molar-refractivity contribution is 8.14. The predicted octanol–water partition coefficient (Wildman–Crippen LogP) is 1.87. The van der Waals surface area contributed by atoms with Crippen molar-refractivity contribution in [1.82, 2.24) is 15.1 Å². The Kier molecular flexibility index (Phi) is 4.81. The number of hydrogen-bond acceptors (Lipinski definition) is 4. The Morgan fingerprint density at radius 1 is 1.38 bits per heavy atom. The second kappa shape index (κ2) is 6.47. The van der Waals surface area contributed by atoms with Crippen LogP contribution in [0.1, 0.15) is 32.6 Å². The van der Waals surface area contributed by atoms with Crippen LogP contribution in [0.25, 0.3) is 0 Å². The molecule has 3 unspecified atom stereocenters. The number of nitrogens with one attached hydrogen (secondary N) is 1. The zero-order valence-electron chi connectivity index (χ0n) is 13.8. The van der Waals surface area contributed by atoms with Crippen molar-refractivity contribution in [2.24, 2.45) is 10.9 Å². The van der Waals surface area contributed by atoms with Gasteiger partial charge in [-0.1, -0.05) is 31.5 Å². The van der Waals surface area contributed by atoms with Gasteiger partial charge in [-0.2, -0.15) is 0 Å². The van der Waals surface area contributed by atoms with Crippen molar-refractivity contribution >= 4 is 16.9 Å². The summed E-state index contributed by atoms with van der Waals surface area (Å²) in [7, 11) is 4.45. The van der Waals surface area contributed by atoms with Gasteiger partial charge in [-0.05, 0) is 32.9 Å². The lowest BCUT2D eigenvalue weighted by Gasteiger charge is -2.37. The lowest BCUT2D eigenvalue weighted by molar-refractivity contribution is 0.119. The molecule has 0 aromatic rings. The first-order chi connectivity index (χ1) is 10.1. The molecule has 0 amide bonds. The summed E-state index contributed by atoms with van der Waals surface area (Å²) in [4.78, 5) is 9.79. The van der Waals surface area contributed by atoms with Crippen molar-refractivity contribution in [3.63, 3.8) is 0 Å². The number of amidine groups is 1. The maximum atomic E-state index is 4.91. The molecule has 3 rings (SSSR count). The van der Waals surface area contributed by atoms with Gasteiger partial charge in [0.05, 0.1) is 6.54 Å². The Morgan fingerprint density at radius 2 is 2.24 bits per heavy atom. The number of aliphatic imine (C=N–C) groups is 1. The highest BCUT2D eigenvalue weighted by Gasteiger charge is 2.40. The van der Waals surface area contributed by atoms with Gasteiger partial charge in [-0.3, -0.25) is 9.89 Å². The summed E-state index contributed by atoms with van der Waals surface area (Å²) >= 11 is 1.95. The molecule has 4 nitrogen and oxygen atoms in total. The average molecular weight is 311 g/mol. The molecule has 21 heavy (non-hydrogen) atoms. The van der Waals surface area contributed by atoms with Crippen LogP contribution in [-0.4, -0.2) is 72.6 Å². The maximum Gasteiger partial charge on any atom is 0.157 e. The Bertz CT molecular complexity index is 400. The van der Waals surface area contributed by atoms with E-state index in [0.29, 0.717) is 11.6 Å². The lowest BCUT2D eigenvalue weighted by Crippen LogP contribution is -2.51. The summed E-state index contributed by atoms with van der Waals surface area (Å²) in [6.45, 7) is 6.81. The number of nitrogens with zero attached hydrogens (tertiary/aromatic N) is 3. The van der Waals surface area contributed by atoms with Gasteiger partial charge in [-0.15, -0.1) is 0 Å². The minimum absolute atomic E-state index is 0.358. The van der Waals surface area contributed by atoms with E-state index < -0.39 is 0 Å². The Labute approximate surface area is 133 Å². The third-order valence-corrected chi connectivity index (χ3v) is 6.58. The van der Waals surface area contributed by atoms with Gasteiger partial charge in [0.25, 0.3) is 0 Å². The first-order valence-corrected chi connectivity index (χ1v) is 9.39. The largest absolute Gasteiger partial charge is 0.359 e. The fourth-order valence-electron chi connectivity index (χ4n) is 3.98. The molecule has 5 heteroatoms. The highest BCUT2D eigenvalue weighted by atomic mass is 32.2. The molecule has 2 aliphatic heterocycles. The number of hydrogen-bond donors (Lipinski definition) is 1. The van der Waals surface area contributed by atoms with Gasteiger partial charge < -0.3 is 10.2 Å². The van der Waals surface area contributed by atoms with Gasteiger partial charge in [0.15, 0.2) is 5.17 Å². The Morgan fingerprint density at radius 3 is 3.05 bits per heavy atom. The van der Waals surface area contributed by atoms with Crippen LogP contribution in [-0.2, 0) is 0 Å². The third kappa shape index (κ3) is 3.74. The third-order valence-electron chi connectivity index (χ3n) is 5.37. The van der Waals surface area contributed by atoms with Crippen molar-refractivity contribution in [2.75, 3.05) is 46.0 Å². The van der Waals surface area contributed by atoms with Crippen LogP contribution in [0.2, 0.25) is 0 Å². The van der Waals surface area contributed by atoms with E-state index >= 15 is 0 Å². The highest BCUT2D eigenvalue weighted by Crippen LogP contribution is 2.38. The standard InChI is InChI=1S/C16H30N4S/c1-13-5-4-6-16(9-13)12-21-15(18-16)17-10-14-11-19(2)7-8-20(14)3/h13-14H,4-12H2,1-3H3,(H,17,18). The molecule has 1 N–H and O–H groups in total. The summed E-state index contributed by atoms with van der Waals surface area (Å²) in [5.41, 5.74) is 0.358. The summed E-state index contributed by atoms with van der Waals surface area (Å²) < 4.78 is 0. The van der Waals surface area contributed by atoms with Gasteiger partial charge >= 0.3 is 0 Å². The summed E-state index contributed by atoms with van der Waals surface area (Å²) in [5.74, 6) is 2.08. The van der Waals surface area contributed by atoms with E-state index in [1.54, 1.807) is 0 Å². The second-order valence-electron chi connectivity index (χ2n) is 7.44. The molecule has 3 aliphatic rings. The van der Waals surface area contributed by atoms with Crippen LogP contribution >= 0.6 is 11.8 Å². The smallest absolute Gasteiger partial charge is 0.157 e. The maximum absolute atomic E-state index is 4.91. The van der Waals surface area contributed by atoms with Gasteiger partial charge in [0.2, 0.25) is 0 Å². The predicted molar refractivity (Wildman–Crippen MR) is 92.2 cm³/mol. The van der Waals surface area contributed by atoms with Gasteiger partial charge in [-0.25, -0.2) is 0 Å². The fraction of sp³-hybridized carbons (Fsp3) is 0.938. The summed E-state index contributed by atoms with van der Waals surface area (Å²) in [5, 5.41) is 4.98. The van der Waals surface area contributed by atoms with Crippen LogP contribution in [0.4, 0.5) is 0 Å². The van der Waals surface area contributed by atoms with Gasteiger partial charge in [0.1, 0.15) is 0 Å². The van der Waals surface area contributed by atoms with Crippen LogP contribution < -0.4 is 5.32 Å². The van der Waals surface area contributed by atoms with E-state index in [-0.39, 0.29) is 0 Å². The zero-order valence-corrected chi connectivity index (χ0v) is 14.6. The molecule has 1 aliphatic carbocycles. The van der Waals surface area contributed by atoms with E-state index in [1.807, 2.05) is 11.8 Å². The fourth-order valence-corrected chi connectivity index (χ4v) is 5.18. The molecular weight excluding hydrogens is 280 g/mol. The van der Waals surface area contributed by atoms with Crippen molar-refractivity contribution in [3.05, 3.63) is 0 Å². The molecule has 2 saturated heterocycles. The van der Waals surface area contributed by atoms with Crippen LogP contribution in [0, 0.1) is 5.92 Å². The second-order valence-corrected chi connectivity index (χ2v) is 8.40. The minimum atomic E-state index is 0.358. The van der Waals surface area contributed by atoms with E-state index in [1.165, 1.54) is 43.1 Å². The molecule has 3 atom stereocenters. The topological polar surface area (TPSA) is 30.9 Å². The Balaban J connectivity index is 1.55. The molecule has 3 fully saturated rings. The number of rotatable bonds is 2. The normalized spacial score (nSPS) is 40.8. The summed E-state index contributed by atoms with van der Waals surface area (Å²) in [6, 6.07) is 0.570. The molecule has 120 valence electrons. The van der Waals surface area contributed by atoms with Crippen molar-refractivity contribution in [1.29, 1.82) is 0 Å². The molecular formula is C16H30N4S. The molecule has 1 saturated carbocycles. The number of likely N-dealkylation sites (N-methyl/N-ethyl adjacent to an activating group) is 2. The minimum Gasteiger partial charge on any atom is -0.359 e. The van der Waals surface area contributed by atoms with E-state index in [4.69, 9.17) is 4.99 Å². The number of thioether (sulfide) groups is 1. The van der Waals surface area contributed by atoms with E-state index in [0.717, 1.165) is 25.6 Å². The monoisotopic (exact) mass is 310 g/mol. The molecule has 0 radical (unpaired) electrons. The number of piperazine rings is 1. The summed E-state index contributed by atoms with van der Waals surface area (Å²) in [6.07, 6.45) is 5.43.